The molecule has 0 heterocycles. The van der Waals surface area contributed by atoms with Crippen LogP contribution in [0.15, 0.2) is 94.2 Å². The van der Waals surface area contributed by atoms with Crippen molar-refractivity contribution in [2.45, 2.75) is 74.1 Å². The third kappa shape index (κ3) is 6.48. The van der Waals surface area contributed by atoms with Crippen molar-refractivity contribution in [2.75, 3.05) is 0 Å². The van der Waals surface area contributed by atoms with Crippen LogP contribution in [0.2, 0.25) is 0 Å². The fourth-order valence-electron chi connectivity index (χ4n) is 4.18. The molecule has 164 valence electrons. The van der Waals surface area contributed by atoms with E-state index in [0.29, 0.717) is 0 Å². The first-order valence-corrected chi connectivity index (χ1v) is 11.7. The first-order chi connectivity index (χ1) is 14.6. The summed E-state index contributed by atoms with van der Waals surface area (Å²) in [6, 6.07) is 0. The van der Waals surface area contributed by atoms with Crippen LogP contribution in [0.1, 0.15) is 74.1 Å². The highest BCUT2D eigenvalue weighted by molar-refractivity contribution is 5.63. The highest BCUT2D eigenvalue weighted by Crippen LogP contribution is 2.42. The molecule has 0 nitrogen and oxygen atoms in total. The monoisotopic (exact) mass is 412 g/mol. The number of rotatable bonds is 4. The topological polar surface area (TPSA) is 0 Å². The minimum atomic E-state index is -0.234. The Bertz CT molecular complexity index is 966. The lowest BCUT2D eigenvalue weighted by atomic mass is 9.80. The molecule has 0 atom stereocenters. The maximum Gasteiger partial charge on any atom is 0.0438 e. The molecule has 3 aliphatic carbocycles. The van der Waals surface area contributed by atoms with Crippen molar-refractivity contribution in [1.82, 2.24) is 0 Å². The number of terminal acetylenes is 1. The Morgan fingerprint density at radius 3 is 2.58 bits per heavy atom. The predicted octanol–water partition coefficient (Wildman–Crippen LogP) is 8.99. The predicted molar refractivity (Wildman–Crippen MR) is 139 cm³/mol. The summed E-state index contributed by atoms with van der Waals surface area (Å²) in [5, 5.41) is 0. The van der Waals surface area contributed by atoms with E-state index in [0.717, 1.165) is 31.3 Å². The van der Waals surface area contributed by atoms with Crippen molar-refractivity contribution >= 4 is 0 Å². The molecule has 0 aromatic heterocycles. The van der Waals surface area contributed by atoms with Crippen molar-refractivity contribution in [3.63, 3.8) is 0 Å². The van der Waals surface area contributed by atoms with Gasteiger partial charge >= 0.3 is 0 Å². The average Bonchev–Trinajstić information content (AvgIpc) is 3.04. The van der Waals surface area contributed by atoms with Crippen molar-refractivity contribution in [3.8, 4) is 12.3 Å². The zero-order valence-corrected chi connectivity index (χ0v) is 20.7. The van der Waals surface area contributed by atoms with Crippen LogP contribution >= 0.6 is 0 Å². The average molecular weight is 413 g/mol. The van der Waals surface area contributed by atoms with Gasteiger partial charge in [-0.15, -0.1) is 6.42 Å². The second-order valence-electron chi connectivity index (χ2n) is 9.86. The molecule has 0 aromatic carbocycles. The van der Waals surface area contributed by atoms with Crippen LogP contribution in [0.4, 0.5) is 0 Å². The van der Waals surface area contributed by atoms with E-state index in [1.165, 1.54) is 33.4 Å². The molecule has 0 aromatic rings. The van der Waals surface area contributed by atoms with Gasteiger partial charge in [0.2, 0.25) is 0 Å². The van der Waals surface area contributed by atoms with Gasteiger partial charge in [0.25, 0.3) is 0 Å². The van der Waals surface area contributed by atoms with Gasteiger partial charge in [-0.3, -0.25) is 0 Å². The van der Waals surface area contributed by atoms with E-state index >= 15 is 0 Å². The lowest BCUT2D eigenvalue weighted by molar-refractivity contribution is 0.472. The van der Waals surface area contributed by atoms with E-state index in [1.54, 1.807) is 0 Å². The molecule has 0 spiro atoms. The van der Waals surface area contributed by atoms with Crippen molar-refractivity contribution in [3.05, 3.63) is 94.2 Å². The Morgan fingerprint density at radius 2 is 1.90 bits per heavy atom. The van der Waals surface area contributed by atoms with Crippen molar-refractivity contribution < 1.29 is 0 Å². The van der Waals surface area contributed by atoms with Gasteiger partial charge in [0.05, 0.1) is 0 Å². The second kappa shape index (κ2) is 10.2. The maximum absolute atomic E-state index is 5.66. The smallest absolute Gasteiger partial charge is 0.0438 e. The number of hydrogen-bond donors (Lipinski definition) is 0. The number of fused-ring (bicyclic) bond motifs is 1. The largest absolute Gasteiger partial charge is 0.119 e. The third-order valence-corrected chi connectivity index (χ3v) is 6.04. The summed E-state index contributed by atoms with van der Waals surface area (Å²) in [7, 11) is 0. The van der Waals surface area contributed by atoms with E-state index in [-0.39, 0.29) is 10.8 Å². The normalized spacial score (nSPS) is 20.3. The molecule has 0 saturated carbocycles. The van der Waals surface area contributed by atoms with Gasteiger partial charge in [-0.1, -0.05) is 99.9 Å². The van der Waals surface area contributed by atoms with Crippen molar-refractivity contribution in [2.24, 2.45) is 10.8 Å². The van der Waals surface area contributed by atoms with E-state index in [1.807, 2.05) is 13.8 Å². The first-order valence-electron chi connectivity index (χ1n) is 11.7. The zero-order chi connectivity index (χ0) is 23.2. The van der Waals surface area contributed by atoms with E-state index < -0.39 is 0 Å². The maximum atomic E-state index is 5.66. The lowest BCUT2D eigenvalue weighted by Gasteiger charge is -2.24. The second-order valence-corrected chi connectivity index (χ2v) is 9.86. The number of allylic oxidation sites excluding steroid dienone is 15. The molecule has 3 aliphatic rings. The van der Waals surface area contributed by atoms with E-state index in [2.05, 4.69) is 95.7 Å². The van der Waals surface area contributed by atoms with E-state index in [9.17, 15) is 0 Å². The van der Waals surface area contributed by atoms with Crippen LogP contribution in [0.25, 0.3) is 0 Å². The van der Waals surface area contributed by atoms with Crippen LogP contribution in [-0.2, 0) is 0 Å². The minimum absolute atomic E-state index is 0.130. The molecule has 31 heavy (non-hydrogen) atoms. The van der Waals surface area contributed by atoms with E-state index in [4.69, 9.17) is 6.42 Å². The fourth-order valence-corrected chi connectivity index (χ4v) is 4.18. The first kappa shape index (κ1) is 24.7. The SMILES string of the molecule is C#CC(C)(C)/C=C\C1=C(C)CCC(C(=C)C2=CC(C)(C)CC3=CC2=CC=CC3)=C1.CC. The summed E-state index contributed by atoms with van der Waals surface area (Å²) in [4.78, 5) is 0. The van der Waals surface area contributed by atoms with Crippen LogP contribution in [0.3, 0.4) is 0 Å². The van der Waals surface area contributed by atoms with Gasteiger partial charge in [-0.2, -0.15) is 0 Å². The van der Waals surface area contributed by atoms with Crippen LogP contribution in [-0.4, -0.2) is 0 Å². The molecular formula is C31H40. The quantitative estimate of drug-likeness (QED) is 0.404. The Labute approximate surface area is 191 Å². The zero-order valence-electron chi connectivity index (χ0n) is 20.7. The fraction of sp³-hybridized carbons (Fsp3) is 0.419. The van der Waals surface area contributed by atoms with Crippen LogP contribution in [0, 0.1) is 23.2 Å². The summed E-state index contributed by atoms with van der Waals surface area (Å²) >= 11 is 0. The molecule has 0 heteroatoms. The van der Waals surface area contributed by atoms with Gasteiger partial charge in [0.1, 0.15) is 0 Å². The highest BCUT2D eigenvalue weighted by atomic mass is 14.3. The van der Waals surface area contributed by atoms with Crippen LogP contribution < -0.4 is 0 Å². The Hall–Kier alpha value is -2.52. The Morgan fingerprint density at radius 1 is 1.19 bits per heavy atom. The molecule has 2 bridgehead atoms. The van der Waals surface area contributed by atoms with Gasteiger partial charge in [0.15, 0.2) is 0 Å². The molecule has 0 fully saturated rings. The third-order valence-electron chi connectivity index (χ3n) is 6.04. The molecule has 0 saturated heterocycles. The summed E-state index contributed by atoms with van der Waals surface area (Å²) in [5.74, 6) is 2.85. The summed E-state index contributed by atoms with van der Waals surface area (Å²) < 4.78 is 0. The Kier molecular flexibility index (Phi) is 8.14. The summed E-state index contributed by atoms with van der Waals surface area (Å²) in [5.41, 5.74) is 9.16. The number of hydrogen-bond acceptors (Lipinski definition) is 0. The molecule has 3 rings (SSSR count). The summed E-state index contributed by atoms with van der Waals surface area (Å²) in [6.07, 6.45) is 28.1. The summed E-state index contributed by atoms with van der Waals surface area (Å²) in [6.45, 7) is 19.6. The Balaban J connectivity index is 0.00000166. The van der Waals surface area contributed by atoms with Gasteiger partial charge < -0.3 is 0 Å². The molecule has 0 aliphatic heterocycles. The van der Waals surface area contributed by atoms with Crippen molar-refractivity contribution in [1.29, 1.82) is 0 Å². The molecule has 0 amide bonds. The molecule has 0 unspecified atom stereocenters. The standard InChI is InChI=1S/C29H34.C2H6/c1-8-28(4,5)16-15-24-18-25(14-13-21(24)2)22(3)27-20-29(6,7)19-23-11-9-10-12-26(27)17-23;1-2/h1,9-10,12,15-18,20H,3,11,13-14,19H2,2,4-7H3;1-2H3/b16-15-;. The van der Waals surface area contributed by atoms with Gasteiger partial charge in [-0.25, -0.2) is 0 Å². The molecular weight excluding hydrogens is 372 g/mol. The van der Waals surface area contributed by atoms with Crippen LogP contribution in [0.5, 0.6) is 0 Å². The molecule has 0 radical (unpaired) electrons. The van der Waals surface area contributed by atoms with Gasteiger partial charge in [-0.05, 0) is 79.7 Å². The minimum Gasteiger partial charge on any atom is -0.119 e. The van der Waals surface area contributed by atoms with Gasteiger partial charge in [0, 0.05) is 5.41 Å². The molecule has 0 N–H and O–H groups in total. The highest BCUT2D eigenvalue weighted by Gasteiger charge is 2.25. The lowest BCUT2D eigenvalue weighted by Crippen LogP contribution is -2.10.